The molecule has 0 amide bonds. The fourth-order valence-corrected chi connectivity index (χ4v) is 12.0. The van der Waals surface area contributed by atoms with Crippen LogP contribution in [0.5, 0.6) is 0 Å². The molecule has 0 saturated carbocycles. The molecule has 14 aromatic rings. The topological polar surface area (TPSA) is 0 Å². The summed E-state index contributed by atoms with van der Waals surface area (Å²) in [6.45, 7) is 0. The molecule has 70 heavy (non-hydrogen) atoms. The first-order chi connectivity index (χ1) is 34.8. The Kier molecular flexibility index (Phi) is 9.32. The fourth-order valence-electron chi connectivity index (χ4n) is 12.0. The quantitative estimate of drug-likeness (QED) is 0.115. The molecule has 0 spiro atoms. The van der Waals surface area contributed by atoms with Gasteiger partial charge in [0.05, 0.1) is 0 Å². The van der Waals surface area contributed by atoms with Gasteiger partial charge in [-0.1, -0.05) is 255 Å². The molecule has 0 fully saturated rings. The zero-order valence-electron chi connectivity index (χ0n) is 38.4. The smallest absolute Gasteiger partial charge is 0.00199 e. The third-order valence-electron chi connectivity index (χ3n) is 14.8. The van der Waals surface area contributed by atoms with Crippen LogP contribution >= 0.6 is 0 Å². The highest BCUT2D eigenvalue weighted by Gasteiger charge is 2.24. The Hall–Kier alpha value is -9.10. The highest BCUT2D eigenvalue weighted by Crippen LogP contribution is 2.52. The second kappa shape index (κ2) is 16.3. The Labute approximate surface area is 407 Å². The van der Waals surface area contributed by atoms with Crippen molar-refractivity contribution in [2.24, 2.45) is 0 Å². The molecule has 0 N–H and O–H groups in total. The third-order valence-corrected chi connectivity index (χ3v) is 14.8. The van der Waals surface area contributed by atoms with Crippen molar-refractivity contribution in [2.45, 2.75) is 0 Å². The lowest BCUT2D eigenvalue weighted by Crippen LogP contribution is -1.95. The summed E-state index contributed by atoms with van der Waals surface area (Å²) in [7, 11) is 0. The van der Waals surface area contributed by atoms with Crippen molar-refractivity contribution in [3.8, 4) is 66.8 Å². The molecule has 0 atom stereocenters. The first-order valence-electron chi connectivity index (χ1n) is 24.3. The second-order valence-corrected chi connectivity index (χ2v) is 18.5. The van der Waals surface area contributed by atoms with E-state index in [1.807, 2.05) is 0 Å². The molecule has 0 heteroatoms. The lowest BCUT2D eigenvalue weighted by Gasteiger charge is -2.22. The number of fused-ring (bicyclic) bond motifs is 9. The Morgan fingerprint density at radius 1 is 0.157 bits per heavy atom. The van der Waals surface area contributed by atoms with E-state index in [1.54, 1.807) is 0 Å². The molecule has 0 aliphatic carbocycles. The molecule has 0 saturated heterocycles. The van der Waals surface area contributed by atoms with E-state index in [-0.39, 0.29) is 0 Å². The summed E-state index contributed by atoms with van der Waals surface area (Å²) < 4.78 is 0. The van der Waals surface area contributed by atoms with E-state index in [0.29, 0.717) is 0 Å². The van der Waals surface area contributed by atoms with Crippen LogP contribution in [0.15, 0.2) is 267 Å². The monoisotopic (exact) mass is 884 g/mol. The van der Waals surface area contributed by atoms with Crippen LogP contribution in [0.3, 0.4) is 0 Å². The summed E-state index contributed by atoms with van der Waals surface area (Å²) in [5.41, 5.74) is 14.9. The molecule has 14 rings (SSSR count). The van der Waals surface area contributed by atoms with E-state index in [1.165, 1.54) is 142 Å². The van der Waals surface area contributed by atoms with Crippen LogP contribution in [-0.4, -0.2) is 0 Å². The summed E-state index contributed by atoms with van der Waals surface area (Å²) in [6.07, 6.45) is 0. The fraction of sp³-hybridized carbons (Fsp3) is 0. The van der Waals surface area contributed by atoms with E-state index < -0.39 is 0 Å². The third kappa shape index (κ3) is 6.17. The van der Waals surface area contributed by atoms with Crippen LogP contribution in [0.4, 0.5) is 0 Å². The molecule has 0 unspecified atom stereocenters. The van der Waals surface area contributed by atoms with Gasteiger partial charge in [-0.05, 0) is 154 Å². The van der Waals surface area contributed by atoms with Gasteiger partial charge in [0.25, 0.3) is 0 Å². The minimum absolute atomic E-state index is 1.21. The molecular weight excluding hydrogens is 841 g/mol. The Balaban J connectivity index is 1.09. The predicted octanol–water partition coefficient (Wildman–Crippen LogP) is 19.8. The van der Waals surface area contributed by atoms with Gasteiger partial charge in [-0.2, -0.15) is 0 Å². The normalized spacial score (nSPS) is 11.7. The van der Waals surface area contributed by atoms with Gasteiger partial charge in [-0.15, -0.1) is 0 Å². The molecule has 0 aromatic heterocycles. The summed E-state index contributed by atoms with van der Waals surface area (Å²) in [5, 5.41) is 17.5. The molecule has 0 nitrogen and oxygen atoms in total. The van der Waals surface area contributed by atoms with Gasteiger partial charge in [-0.3, -0.25) is 0 Å². The SMILES string of the molecule is c1ccc(-c2ccccc2-c2c3ccccc3c(-c3cc4cc(-c5c6ccccc6c(-c6ccccc6-c6ccccc6)c6ccccc56)c5ccccc5c4c4ccccc34)c3ccccc23)cc1. The van der Waals surface area contributed by atoms with Gasteiger partial charge in [0.2, 0.25) is 0 Å². The Morgan fingerprint density at radius 2 is 0.386 bits per heavy atom. The largest absolute Gasteiger partial charge is 0.0622 e. The molecule has 324 valence electrons. The predicted molar refractivity (Wildman–Crippen MR) is 302 cm³/mol. The van der Waals surface area contributed by atoms with Crippen molar-refractivity contribution in [1.29, 1.82) is 0 Å². The van der Waals surface area contributed by atoms with Crippen molar-refractivity contribution in [3.63, 3.8) is 0 Å². The van der Waals surface area contributed by atoms with Crippen molar-refractivity contribution in [1.82, 2.24) is 0 Å². The Morgan fingerprint density at radius 3 is 0.700 bits per heavy atom. The van der Waals surface area contributed by atoms with Crippen molar-refractivity contribution < 1.29 is 0 Å². The Bertz CT molecular complexity index is 3990. The highest BCUT2D eigenvalue weighted by molar-refractivity contribution is 6.32. The lowest BCUT2D eigenvalue weighted by atomic mass is 9.80. The standard InChI is InChI=1S/C70H44/c1-3-23-45(24-4-1)48-27-7-11-31-52(48)67-56-35-15-19-39-60(56)69(61-40-20-16-36-57(61)67)64-43-47-44-65(51-30-10-14-34-55(51)66(47)54-33-13-9-29-50(54)64)70-62-41-21-17-37-58(62)68(59-38-18-22-42-63(59)70)53-32-12-8-28-49(53)46-25-5-2-6-26-46/h1-44H. The summed E-state index contributed by atoms with van der Waals surface area (Å²) in [4.78, 5) is 0. The van der Waals surface area contributed by atoms with Gasteiger partial charge < -0.3 is 0 Å². The first kappa shape index (κ1) is 40.0. The maximum atomic E-state index is 2.51. The van der Waals surface area contributed by atoms with Gasteiger partial charge in [0.15, 0.2) is 0 Å². The first-order valence-corrected chi connectivity index (χ1v) is 24.3. The maximum Gasteiger partial charge on any atom is -0.00199 e. The molecule has 0 bridgehead atoms. The van der Waals surface area contributed by atoms with Crippen molar-refractivity contribution >= 4 is 75.4 Å². The van der Waals surface area contributed by atoms with E-state index in [4.69, 9.17) is 0 Å². The van der Waals surface area contributed by atoms with Crippen molar-refractivity contribution in [2.75, 3.05) is 0 Å². The minimum atomic E-state index is 1.21. The zero-order chi connectivity index (χ0) is 46.1. The summed E-state index contributed by atoms with van der Waals surface area (Å²) in [5.74, 6) is 0. The molecular formula is C70H44. The lowest BCUT2D eigenvalue weighted by molar-refractivity contribution is 1.61. The number of hydrogen-bond acceptors (Lipinski definition) is 0. The van der Waals surface area contributed by atoms with Crippen LogP contribution in [0.2, 0.25) is 0 Å². The average molecular weight is 885 g/mol. The zero-order valence-corrected chi connectivity index (χ0v) is 38.4. The van der Waals surface area contributed by atoms with E-state index in [9.17, 15) is 0 Å². The number of benzene rings is 14. The van der Waals surface area contributed by atoms with Gasteiger partial charge in [0, 0.05) is 0 Å². The minimum Gasteiger partial charge on any atom is -0.0622 e. The van der Waals surface area contributed by atoms with E-state index in [0.717, 1.165) is 0 Å². The van der Waals surface area contributed by atoms with E-state index >= 15 is 0 Å². The van der Waals surface area contributed by atoms with Crippen LogP contribution < -0.4 is 0 Å². The van der Waals surface area contributed by atoms with Crippen molar-refractivity contribution in [3.05, 3.63) is 267 Å². The van der Waals surface area contributed by atoms with E-state index in [2.05, 4.69) is 267 Å². The second-order valence-electron chi connectivity index (χ2n) is 18.5. The van der Waals surface area contributed by atoms with Gasteiger partial charge in [-0.25, -0.2) is 0 Å². The summed E-state index contributed by atoms with van der Waals surface area (Å²) >= 11 is 0. The van der Waals surface area contributed by atoms with Crippen LogP contribution in [-0.2, 0) is 0 Å². The highest BCUT2D eigenvalue weighted by atomic mass is 14.3. The van der Waals surface area contributed by atoms with Gasteiger partial charge >= 0.3 is 0 Å². The van der Waals surface area contributed by atoms with Crippen LogP contribution in [0, 0.1) is 0 Å². The van der Waals surface area contributed by atoms with Gasteiger partial charge in [0.1, 0.15) is 0 Å². The summed E-state index contributed by atoms with van der Waals surface area (Å²) in [6, 6.07) is 99.0. The molecule has 0 aliphatic heterocycles. The van der Waals surface area contributed by atoms with Crippen LogP contribution in [0.1, 0.15) is 0 Å². The molecule has 14 aromatic carbocycles. The van der Waals surface area contributed by atoms with Crippen LogP contribution in [0.25, 0.3) is 142 Å². The molecule has 0 radical (unpaired) electrons. The number of hydrogen-bond donors (Lipinski definition) is 0. The maximum absolute atomic E-state index is 2.51. The average Bonchev–Trinajstić information content (AvgIpc) is 3.44. The molecule has 0 heterocycles. The molecule has 0 aliphatic rings. The number of rotatable bonds is 6.